The van der Waals surface area contributed by atoms with Crippen LogP contribution in [0.3, 0.4) is 0 Å². The molecule has 0 aromatic heterocycles. The molecule has 0 saturated heterocycles. The van der Waals surface area contributed by atoms with Crippen molar-refractivity contribution in [1.29, 1.82) is 0 Å². The highest BCUT2D eigenvalue weighted by Gasteiger charge is 2.13. The van der Waals surface area contributed by atoms with Gasteiger partial charge >= 0.3 is 0 Å². The summed E-state index contributed by atoms with van der Waals surface area (Å²) in [5.74, 6) is 1.40. The number of hydrogen-bond acceptors (Lipinski definition) is 3. The normalized spacial score (nSPS) is 12.0. The first kappa shape index (κ1) is 15.6. The van der Waals surface area contributed by atoms with Gasteiger partial charge in [-0.25, -0.2) is 0 Å². The highest BCUT2D eigenvalue weighted by atomic mass is 16.5. The standard InChI is InChI=1S/C16H24O3/c1-5-12(4)10-14(17)13-8-9-15(18-6-2)16(11-13)19-7-3/h8-9,11,14,17H,4-7,10H2,1-3H3. The van der Waals surface area contributed by atoms with Crippen molar-refractivity contribution >= 4 is 0 Å². The quantitative estimate of drug-likeness (QED) is 0.724. The minimum atomic E-state index is -0.540. The molecule has 0 fully saturated rings. The fourth-order valence-corrected chi connectivity index (χ4v) is 1.81. The van der Waals surface area contributed by atoms with Crippen LogP contribution in [0.2, 0.25) is 0 Å². The van der Waals surface area contributed by atoms with Gasteiger partial charge in [-0.1, -0.05) is 25.1 Å². The first-order valence-electron chi connectivity index (χ1n) is 6.86. The topological polar surface area (TPSA) is 38.7 Å². The number of rotatable bonds is 8. The first-order valence-corrected chi connectivity index (χ1v) is 6.86. The molecule has 1 rings (SSSR count). The Morgan fingerprint density at radius 3 is 2.37 bits per heavy atom. The van der Waals surface area contributed by atoms with E-state index < -0.39 is 6.10 Å². The van der Waals surface area contributed by atoms with Gasteiger partial charge in [0.2, 0.25) is 0 Å². The van der Waals surface area contributed by atoms with Crippen molar-refractivity contribution in [3.05, 3.63) is 35.9 Å². The maximum Gasteiger partial charge on any atom is 0.161 e. The molecule has 1 unspecified atom stereocenters. The third kappa shape index (κ3) is 4.60. The summed E-state index contributed by atoms with van der Waals surface area (Å²) in [7, 11) is 0. The molecule has 0 bridgehead atoms. The molecule has 106 valence electrons. The Hall–Kier alpha value is -1.48. The van der Waals surface area contributed by atoms with Gasteiger partial charge in [-0.3, -0.25) is 0 Å². The van der Waals surface area contributed by atoms with Crippen molar-refractivity contribution in [2.75, 3.05) is 13.2 Å². The van der Waals surface area contributed by atoms with E-state index in [-0.39, 0.29) is 0 Å². The molecular weight excluding hydrogens is 240 g/mol. The minimum Gasteiger partial charge on any atom is -0.490 e. The Kier molecular flexibility index (Phi) is 6.43. The van der Waals surface area contributed by atoms with Gasteiger partial charge in [0.05, 0.1) is 19.3 Å². The summed E-state index contributed by atoms with van der Waals surface area (Å²) in [6.07, 6.45) is 0.921. The SMILES string of the molecule is C=C(CC)CC(O)c1ccc(OCC)c(OCC)c1. The molecule has 0 aliphatic rings. The predicted octanol–water partition coefficient (Wildman–Crippen LogP) is 3.87. The fourth-order valence-electron chi connectivity index (χ4n) is 1.81. The van der Waals surface area contributed by atoms with Crippen LogP contribution in [0.1, 0.15) is 45.3 Å². The molecule has 0 heterocycles. The Bertz CT molecular complexity index is 412. The summed E-state index contributed by atoms with van der Waals surface area (Å²) in [5.41, 5.74) is 1.88. The molecule has 0 amide bonds. The molecule has 3 nitrogen and oxygen atoms in total. The van der Waals surface area contributed by atoms with Crippen LogP contribution in [0.5, 0.6) is 11.5 Å². The average molecular weight is 264 g/mol. The molecule has 1 aromatic carbocycles. The van der Waals surface area contributed by atoms with Gasteiger partial charge in [-0.2, -0.15) is 0 Å². The number of hydrogen-bond donors (Lipinski definition) is 1. The van der Waals surface area contributed by atoms with E-state index in [9.17, 15) is 5.11 Å². The third-order valence-electron chi connectivity index (χ3n) is 2.93. The summed E-state index contributed by atoms with van der Waals surface area (Å²) in [5, 5.41) is 10.2. The van der Waals surface area contributed by atoms with Crippen LogP contribution in [0, 0.1) is 0 Å². The van der Waals surface area contributed by atoms with Crippen molar-refractivity contribution in [3.63, 3.8) is 0 Å². The molecule has 1 aromatic rings. The number of aliphatic hydroxyl groups excluding tert-OH is 1. The largest absolute Gasteiger partial charge is 0.490 e. The van der Waals surface area contributed by atoms with Gasteiger partial charge in [0.1, 0.15) is 0 Å². The van der Waals surface area contributed by atoms with Crippen molar-refractivity contribution in [1.82, 2.24) is 0 Å². The van der Waals surface area contributed by atoms with Crippen LogP contribution in [0.4, 0.5) is 0 Å². The second-order valence-electron chi connectivity index (χ2n) is 4.40. The second kappa shape index (κ2) is 7.85. The van der Waals surface area contributed by atoms with E-state index in [2.05, 4.69) is 6.58 Å². The van der Waals surface area contributed by atoms with Crippen molar-refractivity contribution in [2.24, 2.45) is 0 Å². The van der Waals surface area contributed by atoms with Crippen LogP contribution < -0.4 is 9.47 Å². The lowest BCUT2D eigenvalue weighted by molar-refractivity contribution is 0.176. The predicted molar refractivity (Wildman–Crippen MR) is 77.8 cm³/mol. The molecular formula is C16H24O3. The average Bonchev–Trinajstić information content (AvgIpc) is 2.41. The van der Waals surface area contributed by atoms with E-state index in [4.69, 9.17) is 9.47 Å². The summed E-state index contributed by atoms with van der Waals surface area (Å²) >= 11 is 0. The zero-order chi connectivity index (χ0) is 14.3. The number of benzene rings is 1. The fraction of sp³-hybridized carbons (Fsp3) is 0.500. The Balaban J connectivity index is 2.90. The maximum absolute atomic E-state index is 10.2. The summed E-state index contributed by atoms with van der Waals surface area (Å²) < 4.78 is 11.1. The summed E-state index contributed by atoms with van der Waals surface area (Å²) in [6, 6.07) is 5.57. The van der Waals surface area contributed by atoms with Gasteiger partial charge in [0.25, 0.3) is 0 Å². The second-order valence-corrected chi connectivity index (χ2v) is 4.40. The molecule has 0 spiro atoms. The van der Waals surface area contributed by atoms with Crippen LogP contribution in [-0.4, -0.2) is 18.3 Å². The van der Waals surface area contributed by atoms with Crippen LogP contribution >= 0.6 is 0 Å². The summed E-state index contributed by atoms with van der Waals surface area (Å²) in [4.78, 5) is 0. The first-order chi connectivity index (χ1) is 9.12. The van der Waals surface area contributed by atoms with Crippen molar-refractivity contribution in [2.45, 2.75) is 39.7 Å². The van der Waals surface area contributed by atoms with Crippen LogP contribution in [0.15, 0.2) is 30.4 Å². The lowest BCUT2D eigenvalue weighted by Crippen LogP contribution is -2.02. The maximum atomic E-state index is 10.2. The highest BCUT2D eigenvalue weighted by Crippen LogP contribution is 2.32. The zero-order valence-electron chi connectivity index (χ0n) is 12.1. The van der Waals surface area contributed by atoms with Crippen molar-refractivity contribution < 1.29 is 14.6 Å². The van der Waals surface area contributed by atoms with E-state index in [1.807, 2.05) is 39.0 Å². The molecule has 0 saturated carbocycles. The Labute approximate surface area is 115 Å². The minimum absolute atomic E-state index is 0.540. The molecule has 19 heavy (non-hydrogen) atoms. The zero-order valence-corrected chi connectivity index (χ0v) is 12.1. The van der Waals surface area contributed by atoms with Crippen LogP contribution in [0.25, 0.3) is 0 Å². The van der Waals surface area contributed by atoms with Gasteiger partial charge in [-0.15, -0.1) is 0 Å². The molecule has 0 radical (unpaired) electrons. The van der Waals surface area contributed by atoms with Gasteiger partial charge in [0, 0.05) is 0 Å². The Morgan fingerprint density at radius 1 is 1.16 bits per heavy atom. The van der Waals surface area contributed by atoms with Crippen LogP contribution in [-0.2, 0) is 0 Å². The van der Waals surface area contributed by atoms with E-state index in [1.165, 1.54) is 0 Å². The Morgan fingerprint density at radius 2 is 1.79 bits per heavy atom. The lowest BCUT2D eigenvalue weighted by atomic mass is 10.0. The van der Waals surface area contributed by atoms with Gasteiger partial charge in [0.15, 0.2) is 11.5 Å². The smallest absolute Gasteiger partial charge is 0.161 e. The monoisotopic (exact) mass is 264 g/mol. The van der Waals surface area contributed by atoms with E-state index >= 15 is 0 Å². The van der Waals surface area contributed by atoms with E-state index in [0.717, 1.165) is 23.3 Å². The van der Waals surface area contributed by atoms with E-state index in [1.54, 1.807) is 0 Å². The van der Waals surface area contributed by atoms with Gasteiger partial charge in [-0.05, 0) is 44.4 Å². The number of ether oxygens (including phenoxy) is 2. The molecule has 0 aliphatic carbocycles. The summed E-state index contributed by atoms with van der Waals surface area (Å²) in [6.45, 7) is 11.0. The van der Waals surface area contributed by atoms with Gasteiger partial charge < -0.3 is 14.6 Å². The lowest BCUT2D eigenvalue weighted by Gasteiger charge is -2.16. The van der Waals surface area contributed by atoms with Crippen molar-refractivity contribution in [3.8, 4) is 11.5 Å². The van der Waals surface area contributed by atoms with E-state index in [0.29, 0.717) is 25.4 Å². The number of aliphatic hydroxyl groups is 1. The molecule has 1 N–H and O–H groups in total. The molecule has 0 aliphatic heterocycles. The molecule has 1 atom stereocenters. The highest BCUT2D eigenvalue weighted by molar-refractivity contribution is 5.43. The third-order valence-corrected chi connectivity index (χ3v) is 2.93. The molecule has 3 heteroatoms.